The van der Waals surface area contributed by atoms with Crippen LogP contribution in [-0.4, -0.2) is 50.4 Å². The van der Waals surface area contributed by atoms with Crippen LogP contribution in [0.25, 0.3) is 6.08 Å². The Morgan fingerprint density at radius 2 is 1.90 bits per heavy atom. The first-order valence-corrected chi connectivity index (χ1v) is 10.8. The lowest BCUT2D eigenvalue weighted by molar-refractivity contribution is -0.140. The lowest BCUT2D eigenvalue weighted by Crippen LogP contribution is -2.34. The fraction of sp³-hybridized carbons (Fsp3) is 0.450. The molecule has 0 atom stereocenters. The van der Waals surface area contributed by atoms with Gasteiger partial charge in [0.05, 0.1) is 4.91 Å². The summed E-state index contributed by atoms with van der Waals surface area (Å²) in [4.78, 5) is 40.0. The number of rotatable bonds is 4. The van der Waals surface area contributed by atoms with Gasteiger partial charge in [0, 0.05) is 25.7 Å². The van der Waals surface area contributed by atoms with Crippen LogP contribution in [0.3, 0.4) is 0 Å². The van der Waals surface area contributed by atoms with Crippen molar-refractivity contribution in [2.75, 3.05) is 24.5 Å². The maximum atomic E-state index is 12.8. The molecule has 0 aliphatic carbocycles. The van der Waals surface area contributed by atoms with Crippen molar-refractivity contribution in [3.05, 3.63) is 31.9 Å². The third-order valence-corrected chi connectivity index (χ3v) is 6.69. The number of carboxylic acids is 1. The van der Waals surface area contributed by atoms with Crippen LogP contribution >= 0.6 is 24.0 Å². The van der Waals surface area contributed by atoms with Gasteiger partial charge in [0.2, 0.25) is 0 Å². The SMILES string of the molecule is Cc1c(/C=C2\SC(=S)N(CC(=O)O)C2=O)c(N2CCCCCC2)n(C)c(=O)c1C#N. The lowest BCUT2D eigenvalue weighted by atomic mass is 10.0. The topological polar surface area (TPSA) is 107 Å². The first-order valence-electron chi connectivity index (χ1n) is 9.62. The Hall–Kier alpha value is -2.64. The molecular weight excluding hydrogens is 424 g/mol. The maximum absolute atomic E-state index is 12.8. The Balaban J connectivity index is 2.17. The molecule has 0 radical (unpaired) electrons. The standard InChI is InChI=1S/C20H22N4O4S2/c1-12-13(9-15-19(28)24(11-16(25)26)20(29)30-15)17(22(2)18(27)14(12)10-21)23-7-5-3-4-6-8-23/h9H,3-8,11H2,1-2H3,(H,25,26)/b15-9-. The number of carboxylic acid groups (broad SMARTS) is 1. The highest BCUT2D eigenvalue weighted by atomic mass is 32.2. The second kappa shape index (κ2) is 9.02. The number of hydrogen-bond acceptors (Lipinski definition) is 7. The van der Waals surface area contributed by atoms with E-state index in [1.807, 2.05) is 6.07 Å². The van der Waals surface area contributed by atoms with Crippen molar-refractivity contribution in [1.29, 1.82) is 5.26 Å². The number of thioether (sulfide) groups is 1. The minimum atomic E-state index is -1.15. The molecule has 158 valence electrons. The molecule has 3 heterocycles. The predicted molar refractivity (Wildman–Crippen MR) is 119 cm³/mol. The van der Waals surface area contributed by atoms with Crippen molar-refractivity contribution in [2.24, 2.45) is 7.05 Å². The van der Waals surface area contributed by atoms with Gasteiger partial charge in [-0.1, -0.05) is 36.8 Å². The van der Waals surface area contributed by atoms with Gasteiger partial charge in [-0.15, -0.1) is 0 Å². The van der Waals surface area contributed by atoms with Crippen molar-refractivity contribution in [2.45, 2.75) is 32.6 Å². The van der Waals surface area contributed by atoms with E-state index in [0.717, 1.165) is 55.4 Å². The number of thiocarbonyl (C=S) groups is 1. The summed E-state index contributed by atoms with van der Waals surface area (Å²) in [5.41, 5.74) is 0.780. The molecule has 0 saturated carbocycles. The highest BCUT2D eigenvalue weighted by Crippen LogP contribution is 2.36. The number of anilines is 1. The third kappa shape index (κ3) is 4.13. The van der Waals surface area contributed by atoms with Gasteiger partial charge in [0.25, 0.3) is 11.5 Å². The molecule has 0 aromatic carbocycles. The highest BCUT2D eigenvalue weighted by molar-refractivity contribution is 8.26. The van der Waals surface area contributed by atoms with Crippen molar-refractivity contribution in [3.8, 4) is 6.07 Å². The van der Waals surface area contributed by atoms with Crippen molar-refractivity contribution in [3.63, 3.8) is 0 Å². The normalized spacial score (nSPS) is 18.6. The van der Waals surface area contributed by atoms with Crippen LogP contribution in [0.4, 0.5) is 5.82 Å². The first-order chi connectivity index (χ1) is 14.3. The van der Waals surface area contributed by atoms with E-state index in [-0.39, 0.29) is 20.3 Å². The summed E-state index contributed by atoms with van der Waals surface area (Å²) in [6.07, 6.45) is 5.85. The number of aliphatic carboxylic acids is 1. The second-order valence-corrected chi connectivity index (χ2v) is 8.95. The van der Waals surface area contributed by atoms with E-state index < -0.39 is 18.4 Å². The van der Waals surface area contributed by atoms with Gasteiger partial charge < -0.3 is 10.0 Å². The van der Waals surface area contributed by atoms with E-state index in [0.29, 0.717) is 16.9 Å². The minimum absolute atomic E-state index is 0.0309. The highest BCUT2D eigenvalue weighted by Gasteiger charge is 2.34. The van der Waals surface area contributed by atoms with E-state index >= 15 is 0 Å². The number of aromatic nitrogens is 1. The third-order valence-electron chi connectivity index (χ3n) is 5.32. The molecule has 1 amide bonds. The number of carbonyl (C=O) groups is 2. The van der Waals surface area contributed by atoms with Gasteiger partial charge in [-0.3, -0.25) is 23.9 Å². The number of nitrogens with zero attached hydrogens (tertiary/aromatic N) is 4. The van der Waals surface area contributed by atoms with Crippen LogP contribution < -0.4 is 10.5 Å². The van der Waals surface area contributed by atoms with Crippen LogP contribution in [-0.2, 0) is 16.6 Å². The fourth-order valence-corrected chi connectivity index (χ4v) is 5.02. The fourth-order valence-electron chi connectivity index (χ4n) is 3.78. The van der Waals surface area contributed by atoms with Gasteiger partial charge in [0.15, 0.2) is 0 Å². The van der Waals surface area contributed by atoms with Crippen LogP contribution in [0.2, 0.25) is 0 Å². The Labute approximate surface area is 183 Å². The summed E-state index contributed by atoms with van der Waals surface area (Å²) in [5, 5.41) is 18.6. The molecule has 2 saturated heterocycles. The van der Waals surface area contributed by atoms with E-state index in [1.165, 1.54) is 4.57 Å². The number of amides is 1. The molecule has 8 nitrogen and oxygen atoms in total. The quantitative estimate of drug-likeness (QED) is 0.554. The van der Waals surface area contributed by atoms with Gasteiger partial charge in [0.1, 0.15) is 28.3 Å². The molecule has 1 aromatic rings. The van der Waals surface area contributed by atoms with Gasteiger partial charge in [-0.05, 0) is 31.4 Å². The lowest BCUT2D eigenvalue weighted by Gasteiger charge is -2.28. The zero-order valence-electron chi connectivity index (χ0n) is 16.8. The molecule has 1 aromatic heterocycles. The number of hydrogen-bond donors (Lipinski definition) is 1. The summed E-state index contributed by atoms with van der Waals surface area (Å²) < 4.78 is 1.65. The van der Waals surface area contributed by atoms with Gasteiger partial charge in [-0.25, -0.2) is 0 Å². The Morgan fingerprint density at radius 3 is 2.47 bits per heavy atom. The summed E-state index contributed by atoms with van der Waals surface area (Å²) in [7, 11) is 1.63. The zero-order valence-corrected chi connectivity index (χ0v) is 18.4. The molecule has 2 aliphatic heterocycles. The van der Waals surface area contributed by atoms with E-state index in [2.05, 4.69) is 4.90 Å². The van der Waals surface area contributed by atoms with Crippen LogP contribution in [0.5, 0.6) is 0 Å². The maximum Gasteiger partial charge on any atom is 0.323 e. The molecule has 2 fully saturated rings. The monoisotopic (exact) mass is 446 g/mol. The van der Waals surface area contributed by atoms with Gasteiger partial charge in [-0.2, -0.15) is 5.26 Å². The van der Waals surface area contributed by atoms with E-state index in [1.54, 1.807) is 20.0 Å². The average molecular weight is 447 g/mol. The largest absolute Gasteiger partial charge is 0.480 e. The molecular formula is C20H22N4O4S2. The zero-order chi connectivity index (χ0) is 22.0. The number of carbonyl (C=O) groups excluding carboxylic acids is 1. The Kier molecular flexibility index (Phi) is 6.63. The summed E-state index contributed by atoms with van der Waals surface area (Å²) in [6.45, 7) is 2.75. The first kappa shape index (κ1) is 22.1. The Bertz CT molecular complexity index is 1050. The molecule has 0 spiro atoms. The average Bonchev–Trinajstić information content (AvgIpc) is 2.88. The molecule has 3 rings (SSSR count). The Morgan fingerprint density at radius 1 is 1.27 bits per heavy atom. The molecule has 10 heteroatoms. The van der Waals surface area contributed by atoms with Crippen LogP contribution in [0.15, 0.2) is 9.70 Å². The van der Waals surface area contributed by atoms with Gasteiger partial charge >= 0.3 is 5.97 Å². The molecule has 0 bridgehead atoms. The summed E-state index contributed by atoms with van der Waals surface area (Å²) in [6, 6.07) is 1.98. The van der Waals surface area contributed by atoms with Crippen LogP contribution in [0, 0.1) is 18.3 Å². The summed E-state index contributed by atoms with van der Waals surface area (Å²) in [5.74, 6) is -0.967. The molecule has 0 unspecified atom stereocenters. The van der Waals surface area contributed by atoms with E-state index in [9.17, 15) is 19.6 Å². The number of pyridine rings is 1. The number of nitriles is 1. The van der Waals surface area contributed by atoms with Crippen LogP contribution in [0.1, 0.15) is 42.4 Å². The molecule has 1 N–H and O–H groups in total. The minimum Gasteiger partial charge on any atom is -0.480 e. The predicted octanol–water partition coefficient (Wildman–Crippen LogP) is 2.23. The van der Waals surface area contributed by atoms with E-state index in [4.69, 9.17) is 17.3 Å². The summed E-state index contributed by atoms with van der Waals surface area (Å²) >= 11 is 6.21. The molecule has 30 heavy (non-hydrogen) atoms. The second-order valence-electron chi connectivity index (χ2n) is 7.28. The van der Waals surface area contributed by atoms with Crippen molar-refractivity contribution in [1.82, 2.24) is 9.47 Å². The molecule has 2 aliphatic rings. The van der Waals surface area contributed by atoms with Crippen molar-refractivity contribution >= 4 is 52.1 Å². The van der Waals surface area contributed by atoms with Crippen molar-refractivity contribution < 1.29 is 14.7 Å². The smallest absolute Gasteiger partial charge is 0.323 e.